The van der Waals surface area contributed by atoms with E-state index in [0.717, 1.165) is 35.7 Å². The van der Waals surface area contributed by atoms with Gasteiger partial charge in [0.1, 0.15) is 5.69 Å². The van der Waals surface area contributed by atoms with Crippen molar-refractivity contribution in [3.8, 4) is 0 Å². The Bertz CT molecular complexity index is 577. The van der Waals surface area contributed by atoms with Crippen LogP contribution in [0.3, 0.4) is 0 Å². The Morgan fingerprint density at radius 3 is 2.55 bits per heavy atom. The van der Waals surface area contributed by atoms with E-state index in [4.69, 9.17) is 9.47 Å². The van der Waals surface area contributed by atoms with Crippen molar-refractivity contribution in [2.24, 2.45) is 0 Å². The molecule has 6 nitrogen and oxygen atoms in total. The summed E-state index contributed by atoms with van der Waals surface area (Å²) in [6.07, 6.45) is 3.42. The Kier molecular flexibility index (Phi) is 4.38. The minimum absolute atomic E-state index is 0.103. The second-order valence-electron chi connectivity index (χ2n) is 5.90. The van der Waals surface area contributed by atoms with Crippen molar-refractivity contribution < 1.29 is 14.4 Å². The van der Waals surface area contributed by atoms with Crippen molar-refractivity contribution in [1.29, 1.82) is 0 Å². The second kappa shape index (κ2) is 6.14. The third-order valence-corrected chi connectivity index (χ3v) is 5.25. The number of hydrogen-bond donors (Lipinski definition) is 1. The number of benzene rings is 1. The lowest BCUT2D eigenvalue weighted by Crippen LogP contribution is -2.39. The van der Waals surface area contributed by atoms with E-state index in [1.807, 2.05) is 13.0 Å². The lowest BCUT2D eigenvalue weighted by atomic mass is 9.90. The van der Waals surface area contributed by atoms with E-state index in [9.17, 15) is 10.1 Å². The van der Waals surface area contributed by atoms with Crippen LogP contribution < -0.4 is 5.32 Å². The van der Waals surface area contributed by atoms with Crippen LogP contribution in [-0.4, -0.2) is 30.0 Å². The first-order valence-electron chi connectivity index (χ1n) is 7.48. The molecular weight excluding hydrogens is 352 g/mol. The molecule has 3 rings (SSSR count). The smallest absolute Gasteiger partial charge is 0.293 e. The molecule has 1 aliphatic carbocycles. The van der Waals surface area contributed by atoms with Crippen LogP contribution in [-0.2, 0) is 9.47 Å². The summed E-state index contributed by atoms with van der Waals surface area (Å²) in [6.45, 7) is 3.25. The number of aryl methyl sites for hydroxylation is 1. The normalized spacial score (nSPS) is 21.2. The summed E-state index contributed by atoms with van der Waals surface area (Å²) in [5.41, 5.74) is 1.66. The van der Waals surface area contributed by atoms with Gasteiger partial charge in [-0.05, 0) is 31.4 Å². The highest BCUT2D eigenvalue weighted by atomic mass is 79.9. The number of nitrogens with one attached hydrogen (secondary N) is 1. The molecule has 1 saturated heterocycles. The number of hydrogen-bond acceptors (Lipinski definition) is 5. The first-order chi connectivity index (χ1) is 10.5. The van der Waals surface area contributed by atoms with Gasteiger partial charge in [-0.15, -0.1) is 0 Å². The van der Waals surface area contributed by atoms with E-state index in [0.29, 0.717) is 18.9 Å². The van der Waals surface area contributed by atoms with Crippen LogP contribution in [0, 0.1) is 17.0 Å². The number of nitro benzene ring substituents is 1. The molecule has 0 unspecified atom stereocenters. The van der Waals surface area contributed by atoms with Crippen molar-refractivity contribution in [3.05, 3.63) is 32.3 Å². The van der Waals surface area contributed by atoms with Crippen LogP contribution in [0.25, 0.3) is 0 Å². The maximum Gasteiger partial charge on any atom is 0.293 e. The molecule has 1 aliphatic heterocycles. The van der Waals surface area contributed by atoms with Gasteiger partial charge in [-0.3, -0.25) is 10.1 Å². The monoisotopic (exact) mass is 370 g/mol. The van der Waals surface area contributed by atoms with Crippen molar-refractivity contribution >= 4 is 27.3 Å². The van der Waals surface area contributed by atoms with Crippen LogP contribution >= 0.6 is 15.9 Å². The Labute approximate surface area is 137 Å². The fourth-order valence-electron chi connectivity index (χ4n) is 3.15. The molecule has 1 aromatic rings. The van der Waals surface area contributed by atoms with E-state index in [1.54, 1.807) is 6.07 Å². The molecular formula is C15H19BrN2O4. The molecule has 0 aromatic heterocycles. The van der Waals surface area contributed by atoms with Crippen molar-refractivity contribution in [2.45, 2.75) is 44.4 Å². The maximum absolute atomic E-state index is 11.2. The molecule has 1 spiro atoms. The number of anilines is 1. The van der Waals surface area contributed by atoms with Crippen molar-refractivity contribution in [1.82, 2.24) is 0 Å². The van der Waals surface area contributed by atoms with Gasteiger partial charge >= 0.3 is 0 Å². The number of nitro groups is 1. The first kappa shape index (κ1) is 15.7. The SMILES string of the molecule is Cc1cc(NC2CCC3(CC2)OCCO3)c([N+](=O)[O-])cc1Br. The third kappa shape index (κ3) is 3.11. The third-order valence-electron chi connectivity index (χ3n) is 4.39. The molecule has 1 aromatic carbocycles. The Hall–Kier alpha value is -1.18. The van der Waals surface area contributed by atoms with Crippen molar-refractivity contribution in [3.63, 3.8) is 0 Å². The van der Waals surface area contributed by atoms with E-state index < -0.39 is 5.79 Å². The standard InChI is InChI=1S/C15H19BrN2O4/c1-10-8-13(14(18(19)20)9-12(10)16)17-11-2-4-15(5-3-11)21-6-7-22-15/h8-9,11,17H,2-7H2,1H3. The van der Waals surface area contributed by atoms with Gasteiger partial charge in [0.2, 0.25) is 0 Å². The fourth-order valence-corrected chi connectivity index (χ4v) is 3.48. The fraction of sp³-hybridized carbons (Fsp3) is 0.600. The summed E-state index contributed by atoms with van der Waals surface area (Å²) in [5, 5.41) is 14.6. The van der Waals surface area contributed by atoms with Gasteiger partial charge < -0.3 is 14.8 Å². The van der Waals surface area contributed by atoms with Gasteiger partial charge in [0.05, 0.1) is 18.1 Å². The summed E-state index contributed by atoms with van der Waals surface area (Å²) in [4.78, 5) is 10.9. The van der Waals surface area contributed by atoms with Gasteiger partial charge in [-0.1, -0.05) is 15.9 Å². The second-order valence-corrected chi connectivity index (χ2v) is 6.76. The first-order valence-corrected chi connectivity index (χ1v) is 8.27. The highest BCUT2D eigenvalue weighted by Crippen LogP contribution is 2.38. The van der Waals surface area contributed by atoms with Gasteiger partial charge in [-0.2, -0.15) is 0 Å². The predicted octanol–water partition coefficient (Wildman–Crippen LogP) is 3.76. The minimum Gasteiger partial charge on any atom is -0.377 e. The zero-order valence-corrected chi connectivity index (χ0v) is 14.0. The molecule has 120 valence electrons. The van der Waals surface area contributed by atoms with E-state index >= 15 is 0 Å². The molecule has 22 heavy (non-hydrogen) atoms. The quantitative estimate of drug-likeness (QED) is 0.647. The topological polar surface area (TPSA) is 73.6 Å². The molecule has 1 saturated carbocycles. The van der Waals surface area contributed by atoms with Crippen molar-refractivity contribution in [2.75, 3.05) is 18.5 Å². The number of rotatable bonds is 3. The highest BCUT2D eigenvalue weighted by molar-refractivity contribution is 9.10. The average molecular weight is 371 g/mol. The molecule has 1 heterocycles. The Balaban J connectivity index is 1.71. The van der Waals surface area contributed by atoms with E-state index in [-0.39, 0.29) is 16.7 Å². The maximum atomic E-state index is 11.2. The molecule has 0 atom stereocenters. The summed E-state index contributed by atoms with van der Waals surface area (Å²) in [6, 6.07) is 3.60. The number of ether oxygens (including phenoxy) is 2. The number of nitrogens with zero attached hydrogens (tertiary/aromatic N) is 1. The average Bonchev–Trinajstić information content (AvgIpc) is 2.93. The van der Waals surface area contributed by atoms with Crippen LogP contribution in [0.4, 0.5) is 11.4 Å². The van der Waals surface area contributed by atoms with Gasteiger partial charge in [-0.25, -0.2) is 0 Å². The molecule has 2 fully saturated rings. The predicted molar refractivity (Wildman–Crippen MR) is 86.0 cm³/mol. The summed E-state index contributed by atoms with van der Waals surface area (Å²) in [7, 11) is 0. The highest BCUT2D eigenvalue weighted by Gasteiger charge is 2.40. The van der Waals surface area contributed by atoms with Crippen LogP contribution in [0.5, 0.6) is 0 Å². The van der Waals surface area contributed by atoms with E-state index in [2.05, 4.69) is 21.2 Å². The largest absolute Gasteiger partial charge is 0.377 e. The van der Waals surface area contributed by atoms with E-state index in [1.165, 1.54) is 0 Å². The summed E-state index contributed by atoms with van der Waals surface area (Å²) in [5.74, 6) is -0.403. The molecule has 2 aliphatic rings. The number of halogens is 1. The summed E-state index contributed by atoms with van der Waals surface area (Å²) >= 11 is 3.35. The lowest BCUT2D eigenvalue weighted by molar-refractivity contribution is -0.384. The minimum atomic E-state index is -0.403. The molecule has 7 heteroatoms. The Morgan fingerprint density at radius 1 is 1.32 bits per heavy atom. The van der Waals surface area contributed by atoms with Gasteiger partial charge in [0, 0.05) is 29.4 Å². The van der Waals surface area contributed by atoms with Crippen LogP contribution in [0.2, 0.25) is 0 Å². The zero-order valence-electron chi connectivity index (χ0n) is 12.4. The van der Waals surface area contributed by atoms with Gasteiger partial charge in [0.15, 0.2) is 5.79 Å². The molecule has 1 N–H and O–H groups in total. The zero-order chi connectivity index (χ0) is 15.7. The molecule has 0 bridgehead atoms. The lowest BCUT2D eigenvalue weighted by Gasteiger charge is -2.35. The Morgan fingerprint density at radius 2 is 1.95 bits per heavy atom. The van der Waals surface area contributed by atoms with Gasteiger partial charge in [0.25, 0.3) is 5.69 Å². The molecule has 0 amide bonds. The van der Waals surface area contributed by atoms with Crippen LogP contribution in [0.1, 0.15) is 31.2 Å². The molecule has 0 radical (unpaired) electrons. The summed E-state index contributed by atoms with van der Waals surface area (Å²) < 4.78 is 12.2. The van der Waals surface area contributed by atoms with Crippen LogP contribution in [0.15, 0.2) is 16.6 Å².